The Hall–Kier alpha value is -2.00. The van der Waals surface area contributed by atoms with Crippen molar-refractivity contribution in [1.29, 1.82) is 0 Å². The van der Waals surface area contributed by atoms with Crippen LogP contribution in [0.5, 0.6) is 0 Å². The smallest absolute Gasteiger partial charge is 0.276 e. The first-order valence-corrected chi connectivity index (χ1v) is 8.28. The topological polar surface area (TPSA) is 39.3 Å². The number of fused-ring (bicyclic) bond motifs is 1. The zero-order valence-corrected chi connectivity index (χ0v) is 13.9. The molecule has 3 aromatic rings. The molecule has 4 rings (SSSR count). The summed E-state index contributed by atoms with van der Waals surface area (Å²) in [4.78, 5) is 17.2. The molecular weight excluding hydrogens is 312 g/mol. The van der Waals surface area contributed by atoms with Gasteiger partial charge in [-0.3, -0.25) is 9.20 Å². The highest BCUT2D eigenvalue weighted by Gasteiger charge is 2.37. The Morgan fingerprint density at radius 2 is 2.22 bits per heavy atom. The highest BCUT2D eigenvalue weighted by molar-refractivity contribution is 7.18. The van der Waals surface area contributed by atoms with E-state index in [9.17, 15) is 9.18 Å². The molecule has 0 saturated heterocycles. The molecule has 118 valence electrons. The summed E-state index contributed by atoms with van der Waals surface area (Å²) in [7, 11) is 2.81. The molecular formula is C17H17FN3OP. The second-order valence-electron chi connectivity index (χ2n) is 6.17. The van der Waals surface area contributed by atoms with Gasteiger partial charge in [-0.25, -0.2) is 9.37 Å². The molecule has 6 heteroatoms. The van der Waals surface area contributed by atoms with Crippen molar-refractivity contribution in [2.75, 3.05) is 0 Å². The first kappa shape index (κ1) is 14.6. The summed E-state index contributed by atoms with van der Waals surface area (Å²) in [5.41, 5.74) is 2.65. The molecule has 1 aliphatic carbocycles. The Morgan fingerprint density at radius 1 is 1.43 bits per heavy atom. The van der Waals surface area contributed by atoms with E-state index in [1.165, 1.54) is 12.1 Å². The summed E-state index contributed by atoms with van der Waals surface area (Å²) >= 11 is 0. The summed E-state index contributed by atoms with van der Waals surface area (Å²) < 4.78 is 16.9. The fourth-order valence-electron chi connectivity index (χ4n) is 3.02. The predicted octanol–water partition coefficient (Wildman–Crippen LogP) is 2.72. The number of nitrogens with zero attached hydrogens (tertiary/aromatic N) is 3. The van der Waals surface area contributed by atoms with Gasteiger partial charge in [0.25, 0.3) is 5.56 Å². The van der Waals surface area contributed by atoms with E-state index in [4.69, 9.17) is 0 Å². The molecule has 1 saturated carbocycles. The maximum absolute atomic E-state index is 13.4. The van der Waals surface area contributed by atoms with Crippen molar-refractivity contribution in [3.05, 3.63) is 69.9 Å². The molecule has 0 spiro atoms. The van der Waals surface area contributed by atoms with Crippen LogP contribution in [-0.2, 0) is 6.54 Å². The molecule has 0 radical (unpaired) electrons. The van der Waals surface area contributed by atoms with E-state index in [1.807, 2.05) is 23.6 Å². The summed E-state index contributed by atoms with van der Waals surface area (Å²) in [6, 6.07) is 6.35. The molecule has 1 aromatic carbocycles. The zero-order chi connectivity index (χ0) is 16.1. The predicted molar refractivity (Wildman–Crippen MR) is 90.5 cm³/mol. The summed E-state index contributed by atoms with van der Waals surface area (Å²) in [6.45, 7) is 2.25. The lowest BCUT2D eigenvalue weighted by molar-refractivity contribution is 0.621. The molecule has 2 aromatic heterocycles. The number of benzene rings is 1. The number of aromatic nitrogens is 3. The van der Waals surface area contributed by atoms with Crippen LogP contribution < -0.4 is 5.56 Å². The van der Waals surface area contributed by atoms with Crippen LogP contribution in [0.25, 0.3) is 5.52 Å². The Kier molecular flexibility index (Phi) is 3.34. The maximum atomic E-state index is 13.4. The van der Waals surface area contributed by atoms with Gasteiger partial charge in [0.1, 0.15) is 17.2 Å². The van der Waals surface area contributed by atoms with Crippen LogP contribution in [0, 0.1) is 12.7 Å². The largest absolute Gasteiger partial charge is 0.305 e. The van der Waals surface area contributed by atoms with Gasteiger partial charge in [0, 0.05) is 17.8 Å². The van der Waals surface area contributed by atoms with E-state index in [0.717, 1.165) is 23.5 Å². The van der Waals surface area contributed by atoms with Crippen molar-refractivity contribution in [2.45, 2.75) is 31.5 Å². The van der Waals surface area contributed by atoms with Crippen LogP contribution in [0.3, 0.4) is 0 Å². The molecule has 1 aliphatic rings. The van der Waals surface area contributed by atoms with Crippen LogP contribution in [0.1, 0.15) is 29.4 Å². The first-order valence-electron chi connectivity index (χ1n) is 7.62. The van der Waals surface area contributed by atoms with Gasteiger partial charge in [0.05, 0.1) is 12.7 Å². The summed E-state index contributed by atoms with van der Waals surface area (Å²) in [5, 5.41) is 0. The van der Waals surface area contributed by atoms with Crippen LogP contribution in [0.4, 0.5) is 4.39 Å². The molecule has 3 atom stereocenters. The molecule has 1 fully saturated rings. The summed E-state index contributed by atoms with van der Waals surface area (Å²) in [5.74, 6) is 1.08. The second kappa shape index (κ2) is 5.27. The van der Waals surface area contributed by atoms with Gasteiger partial charge >= 0.3 is 0 Å². The highest BCUT2D eigenvalue weighted by atomic mass is 31.0. The van der Waals surface area contributed by atoms with E-state index in [0.29, 0.717) is 23.6 Å². The van der Waals surface area contributed by atoms with E-state index in [-0.39, 0.29) is 11.4 Å². The molecule has 0 N–H and O–H groups in total. The molecule has 0 amide bonds. The number of rotatable bonds is 3. The monoisotopic (exact) mass is 329 g/mol. The molecule has 23 heavy (non-hydrogen) atoms. The lowest BCUT2D eigenvalue weighted by Crippen LogP contribution is -2.25. The Morgan fingerprint density at radius 3 is 2.91 bits per heavy atom. The van der Waals surface area contributed by atoms with Crippen LogP contribution in [-0.4, -0.2) is 19.6 Å². The number of halogens is 1. The summed E-state index contributed by atoms with van der Waals surface area (Å²) in [6.07, 6.45) is 4.69. The van der Waals surface area contributed by atoms with E-state index in [1.54, 1.807) is 16.8 Å². The number of hydrogen-bond acceptors (Lipinski definition) is 2. The third-order valence-electron chi connectivity index (χ3n) is 4.43. The average Bonchev–Trinajstić information content (AvgIpc) is 3.07. The average molecular weight is 329 g/mol. The Bertz CT molecular complexity index is 962. The molecule has 4 nitrogen and oxygen atoms in total. The van der Waals surface area contributed by atoms with Gasteiger partial charge in [-0.05, 0) is 36.7 Å². The third-order valence-corrected chi connectivity index (χ3v) is 5.17. The standard InChI is InChI=1S/C17H17FN3OP/c1-10-8-21-14(7-19-16(21)13-6-15(13)23)17(22)20(10)9-11-3-2-4-12(18)5-11/h2-5,7-8,13,15H,6,9,23H2,1H3/t13-,15+/m1/s1. The van der Waals surface area contributed by atoms with Crippen molar-refractivity contribution >= 4 is 14.8 Å². The van der Waals surface area contributed by atoms with E-state index < -0.39 is 0 Å². The van der Waals surface area contributed by atoms with Crippen LogP contribution in [0.2, 0.25) is 0 Å². The van der Waals surface area contributed by atoms with Gasteiger partial charge in [0.15, 0.2) is 0 Å². The van der Waals surface area contributed by atoms with Crippen molar-refractivity contribution in [3.63, 3.8) is 0 Å². The third kappa shape index (κ3) is 2.49. The lowest BCUT2D eigenvalue weighted by atomic mass is 10.2. The fraction of sp³-hybridized carbons (Fsp3) is 0.294. The minimum Gasteiger partial charge on any atom is -0.305 e. The van der Waals surface area contributed by atoms with Gasteiger partial charge in [-0.1, -0.05) is 12.1 Å². The van der Waals surface area contributed by atoms with Crippen molar-refractivity contribution in [2.24, 2.45) is 0 Å². The first-order chi connectivity index (χ1) is 11.0. The van der Waals surface area contributed by atoms with Gasteiger partial charge in [-0.2, -0.15) is 0 Å². The molecule has 2 heterocycles. The number of imidazole rings is 1. The lowest BCUT2D eigenvalue weighted by Gasteiger charge is -2.12. The van der Waals surface area contributed by atoms with Crippen molar-refractivity contribution < 1.29 is 4.39 Å². The van der Waals surface area contributed by atoms with E-state index in [2.05, 4.69) is 14.2 Å². The van der Waals surface area contributed by atoms with Crippen LogP contribution >= 0.6 is 9.24 Å². The molecule has 1 unspecified atom stereocenters. The van der Waals surface area contributed by atoms with Gasteiger partial charge < -0.3 is 4.57 Å². The highest BCUT2D eigenvalue weighted by Crippen LogP contribution is 2.45. The minimum absolute atomic E-state index is 0.0889. The van der Waals surface area contributed by atoms with Crippen LogP contribution in [0.15, 0.2) is 41.5 Å². The minimum atomic E-state index is -0.291. The van der Waals surface area contributed by atoms with Gasteiger partial charge in [0.2, 0.25) is 0 Å². The van der Waals surface area contributed by atoms with Gasteiger partial charge in [-0.15, -0.1) is 9.24 Å². The normalized spacial score (nSPS) is 20.1. The SMILES string of the molecule is Cc1cn2c([C@@H]3C[C@@H]3P)ncc2c(=O)n1Cc1cccc(F)c1. The molecule has 0 bridgehead atoms. The van der Waals surface area contributed by atoms with E-state index >= 15 is 0 Å². The number of aryl methyl sites for hydroxylation is 1. The van der Waals surface area contributed by atoms with Crippen molar-refractivity contribution in [3.8, 4) is 0 Å². The number of hydrogen-bond donors (Lipinski definition) is 0. The second-order valence-corrected chi connectivity index (χ2v) is 7.03. The Labute approximate surface area is 135 Å². The fourth-order valence-corrected chi connectivity index (χ4v) is 3.49. The van der Waals surface area contributed by atoms with Crippen molar-refractivity contribution in [1.82, 2.24) is 14.0 Å². The molecule has 0 aliphatic heterocycles. The quantitative estimate of drug-likeness (QED) is 0.693. The Balaban J connectivity index is 1.80. The maximum Gasteiger partial charge on any atom is 0.276 e. The zero-order valence-electron chi connectivity index (χ0n) is 12.7.